The first kappa shape index (κ1) is 15.5. The average molecular weight is 287 g/mol. The molecule has 0 radical (unpaired) electrons. The van der Waals surface area contributed by atoms with Gasteiger partial charge in [0.2, 0.25) is 5.78 Å². The minimum atomic E-state index is -0.515. The van der Waals surface area contributed by atoms with Crippen LogP contribution in [0.2, 0.25) is 0 Å². The van der Waals surface area contributed by atoms with E-state index in [0.717, 1.165) is 18.4 Å². The van der Waals surface area contributed by atoms with Gasteiger partial charge in [0, 0.05) is 12.3 Å². The molecule has 0 spiro atoms. The number of carbonyl (C=O) groups is 2. The minimum Gasteiger partial charge on any atom is -0.423 e. The van der Waals surface area contributed by atoms with Gasteiger partial charge in [0.25, 0.3) is 0 Å². The van der Waals surface area contributed by atoms with E-state index in [2.05, 4.69) is 19.9 Å². The van der Waals surface area contributed by atoms with Crippen LogP contribution in [0, 0.1) is 34.5 Å². The van der Waals surface area contributed by atoms with E-state index in [1.54, 1.807) is 12.2 Å². The Balaban J connectivity index is 2.41. The van der Waals surface area contributed by atoms with Crippen molar-refractivity contribution in [1.29, 1.82) is 5.26 Å². The van der Waals surface area contributed by atoms with E-state index in [9.17, 15) is 14.9 Å². The first-order valence-corrected chi connectivity index (χ1v) is 7.34. The van der Waals surface area contributed by atoms with Crippen molar-refractivity contribution in [2.75, 3.05) is 0 Å². The molecule has 0 saturated heterocycles. The highest BCUT2D eigenvalue weighted by molar-refractivity contribution is 6.05. The Bertz CT molecular complexity index is 579. The molecule has 0 bridgehead atoms. The van der Waals surface area contributed by atoms with Gasteiger partial charge in [-0.25, -0.2) is 0 Å². The predicted molar refractivity (Wildman–Crippen MR) is 77.7 cm³/mol. The molecule has 0 aromatic carbocycles. The molecule has 0 aromatic rings. The molecule has 112 valence electrons. The van der Waals surface area contributed by atoms with Crippen LogP contribution in [0.15, 0.2) is 23.5 Å². The quantitative estimate of drug-likeness (QED) is 0.732. The van der Waals surface area contributed by atoms with Crippen LogP contribution in [0.3, 0.4) is 0 Å². The van der Waals surface area contributed by atoms with Crippen molar-refractivity contribution in [1.82, 2.24) is 0 Å². The van der Waals surface area contributed by atoms with Crippen molar-refractivity contribution in [3.05, 3.63) is 23.5 Å². The van der Waals surface area contributed by atoms with E-state index >= 15 is 0 Å². The summed E-state index contributed by atoms with van der Waals surface area (Å²) >= 11 is 0. The van der Waals surface area contributed by atoms with Gasteiger partial charge in [-0.1, -0.05) is 26.3 Å². The van der Waals surface area contributed by atoms with Crippen molar-refractivity contribution in [2.45, 2.75) is 40.5 Å². The molecule has 0 unspecified atom stereocenters. The summed E-state index contributed by atoms with van der Waals surface area (Å²) in [6.45, 7) is 7.52. The number of rotatable bonds is 2. The lowest BCUT2D eigenvalue weighted by Gasteiger charge is -2.44. The molecule has 0 aliphatic heterocycles. The summed E-state index contributed by atoms with van der Waals surface area (Å²) in [5, 5.41) is 9.53. The normalized spacial score (nSPS) is 31.9. The number of ketones is 1. The number of esters is 1. The van der Waals surface area contributed by atoms with Crippen molar-refractivity contribution < 1.29 is 14.3 Å². The minimum absolute atomic E-state index is 0.0528. The number of carbonyl (C=O) groups excluding carboxylic acids is 2. The van der Waals surface area contributed by atoms with Gasteiger partial charge in [-0.2, -0.15) is 5.26 Å². The lowest BCUT2D eigenvalue weighted by Crippen LogP contribution is -2.39. The molecule has 1 saturated carbocycles. The molecule has 1 fully saturated rings. The van der Waals surface area contributed by atoms with Crippen LogP contribution in [-0.2, 0) is 14.3 Å². The highest BCUT2D eigenvalue weighted by Crippen LogP contribution is 2.51. The van der Waals surface area contributed by atoms with Crippen LogP contribution in [0.4, 0.5) is 0 Å². The second kappa shape index (κ2) is 5.48. The van der Waals surface area contributed by atoms with Crippen LogP contribution >= 0.6 is 0 Å². The fourth-order valence-corrected chi connectivity index (χ4v) is 3.27. The molecule has 0 N–H and O–H groups in total. The Morgan fingerprint density at radius 2 is 2.19 bits per heavy atom. The Kier molecular flexibility index (Phi) is 4.04. The SMILES string of the molecule is CC(=O)OC1=C[C@]2(C)C(=CC1=O)C[C@H](C(C)C)C[C@H]2C#N. The lowest BCUT2D eigenvalue weighted by molar-refractivity contribution is -0.139. The van der Waals surface area contributed by atoms with Crippen molar-refractivity contribution in [3.63, 3.8) is 0 Å². The number of nitriles is 1. The van der Waals surface area contributed by atoms with E-state index in [4.69, 9.17) is 4.74 Å². The maximum Gasteiger partial charge on any atom is 0.308 e. The van der Waals surface area contributed by atoms with E-state index in [-0.39, 0.29) is 17.5 Å². The average Bonchev–Trinajstić information content (AvgIpc) is 2.38. The summed E-state index contributed by atoms with van der Waals surface area (Å²) in [6.07, 6.45) is 4.87. The third-order valence-electron chi connectivity index (χ3n) is 4.77. The van der Waals surface area contributed by atoms with Crippen molar-refractivity contribution in [2.24, 2.45) is 23.2 Å². The molecule has 0 heterocycles. The van der Waals surface area contributed by atoms with Crippen molar-refractivity contribution in [3.8, 4) is 6.07 Å². The smallest absolute Gasteiger partial charge is 0.308 e. The highest BCUT2D eigenvalue weighted by Gasteiger charge is 2.46. The standard InChI is InChI=1S/C17H21NO3/c1-10(2)12-5-13-7-15(20)16(21-11(3)19)8-17(13,4)14(6-12)9-18/h7-8,10,12,14H,5-6H2,1-4H3/t12-,14-,17+/m0/s1. The van der Waals surface area contributed by atoms with Gasteiger partial charge in [0.15, 0.2) is 5.76 Å². The Morgan fingerprint density at radius 1 is 1.52 bits per heavy atom. The van der Waals surface area contributed by atoms with Crippen LogP contribution in [0.1, 0.15) is 40.5 Å². The van der Waals surface area contributed by atoms with E-state index < -0.39 is 11.4 Å². The number of ether oxygens (including phenoxy) is 1. The predicted octanol–water partition coefficient (Wildman–Crippen LogP) is 3.15. The molecule has 2 aliphatic rings. The number of hydrogen-bond acceptors (Lipinski definition) is 4. The third-order valence-corrected chi connectivity index (χ3v) is 4.77. The Hall–Kier alpha value is -1.89. The maximum absolute atomic E-state index is 12.1. The second-order valence-electron chi connectivity index (χ2n) is 6.54. The summed E-state index contributed by atoms with van der Waals surface area (Å²) in [5.41, 5.74) is 0.471. The van der Waals surface area contributed by atoms with Gasteiger partial charge in [-0.15, -0.1) is 0 Å². The molecule has 4 nitrogen and oxygen atoms in total. The van der Waals surface area contributed by atoms with E-state index in [0.29, 0.717) is 11.8 Å². The van der Waals surface area contributed by atoms with Gasteiger partial charge in [-0.3, -0.25) is 9.59 Å². The van der Waals surface area contributed by atoms with E-state index in [1.165, 1.54) is 6.92 Å². The molecule has 2 aliphatic carbocycles. The molecule has 0 aromatic heterocycles. The number of hydrogen-bond donors (Lipinski definition) is 0. The van der Waals surface area contributed by atoms with Gasteiger partial charge in [0.1, 0.15) is 0 Å². The molecule has 21 heavy (non-hydrogen) atoms. The van der Waals surface area contributed by atoms with Crippen molar-refractivity contribution >= 4 is 11.8 Å². The van der Waals surface area contributed by atoms with Gasteiger partial charge < -0.3 is 4.74 Å². The van der Waals surface area contributed by atoms with Gasteiger partial charge >= 0.3 is 5.97 Å². The molecule has 4 heteroatoms. The fraction of sp³-hybridized carbons (Fsp3) is 0.588. The van der Waals surface area contributed by atoms with Gasteiger partial charge in [-0.05, 0) is 36.8 Å². The molecule has 2 rings (SSSR count). The zero-order valence-electron chi connectivity index (χ0n) is 13.0. The van der Waals surface area contributed by atoms with Gasteiger partial charge in [0.05, 0.1) is 12.0 Å². The molecule has 3 atom stereocenters. The Labute approximate surface area is 125 Å². The van der Waals surface area contributed by atoms with Crippen LogP contribution < -0.4 is 0 Å². The highest BCUT2D eigenvalue weighted by atomic mass is 16.5. The maximum atomic E-state index is 12.1. The molecular weight excluding hydrogens is 266 g/mol. The number of allylic oxidation sites excluding steroid dienone is 3. The summed E-state index contributed by atoms with van der Waals surface area (Å²) in [4.78, 5) is 23.2. The first-order valence-electron chi connectivity index (χ1n) is 7.34. The summed E-state index contributed by atoms with van der Waals surface area (Å²) in [6, 6.07) is 2.38. The van der Waals surface area contributed by atoms with Crippen LogP contribution in [0.25, 0.3) is 0 Å². The summed E-state index contributed by atoms with van der Waals surface area (Å²) in [5.74, 6) is -0.0653. The van der Waals surface area contributed by atoms with Crippen LogP contribution in [0.5, 0.6) is 0 Å². The fourth-order valence-electron chi connectivity index (χ4n) is 3.27. The largest absolute Gasteiger partial charge is 0.423 e. The van der Waals surface area contributed by atoms with Crippen LogP contribution in [-0.4, -0.2) is 11.8 Å². The molecular formula is C17H21NO3. The summed E-state index contributed by atoms with van der Waals surface area (Å²) < 4.78 is 5.00. The monoisotopic (exact) mass is 287 g/mol. The second-order valence-corrected chi connectivity index (χ2v) is 6.54. The number of nitrogens with zero attached hydrogens (tertiary/aromatic N) is 1. The number of fused-ring (bicyclic) bond motifs is 1. The molecule has 0 amide bonds. The Morgan fingerprint density at radius 3 is 2.71 bits per heavy atom. The topological polar surface area (TPSA) is 67.2 Å². The summed E-state index contributed by atoms with van der Waals surface area (Å²) in [7, 11) is 0. The lowest BCUT2D eigenvalue weighted by atomic mass is 9.58. The van der Waals surface area contributed by atoms with E-state index in [1.807, 2.05) is 6.92 Å². The zero-order chi connectivity index (χ0) is 15.8. The zero-order valence-corrected chi connectivity index (χ0v) is 13.0. The first-order chi connectivity index (χ1) is 9.77. The third kappa shape index (κ3) is 2.78.